The fourth-order valence-corrected chi connectivity index (χ4v) is 2.77. The summed E-state index contributed by atoms with van der Waals surface area (Å²) in [5, 5.41) is 1.67. The number of ether oxygens (including phenoxy) is 1. The predicted molar refractivity (Wildman–Crippen MR) is 93.6 cm³/mol. The van der Waals surface area contributed by atoms with Gasteiger partial charge in [0.25, 0.3) is 10.1 Å². The Balaban J connectivity index is 2.34. The molecule has 2 rings (SSSR count). The van der Waals surface area contributed by atoms with Crippen LogP contribution in [-0.2, 0) is 10.1 Å². The predicted octanol–water partition coefficient (Wildman–Crippen LogP) is 2.69. The Hall–Kier alpha value is -2.29. The van der Waals surface area contributed by atoms with Gasteiger partial charge in [0, 0.05) is 6.54 Å². The molecule has 0 aliphatic rings. The molecular weight excluding hydrogens is 330 g/mol. The lowest BCUT2D eigenvalue weighted by Gasteiger charge is -2.26. The zero-order valence-electron chi connectivity index (χ0n) is 13.6. The Labute approximate surface area is 141 Å². The van der Waals surface area contributed by atoms with Crippen LogP contribution in [0.15, 0.2) is 53.4 Å². The van der Waals surface area contributed by atoms with Gasteiger partial charge < -0.3 is 4.74 Å². The largest absolute Gasteiger partial charge is 0.492 e. The van der Waals surface area contributed by atoms with Crippen LogP contribution in [0, 0.1) is 0 Å². The lowest BCUT2D eigenvalue weighted by Crippen LogP contribution is -2.42. The maximum absolute atomic E-state index is 11.6. The van der Waals surface area contributed by atoms with E-state index in [0.29, 0.717) is 18.8 Å². The van der Waals surface area contributed by atoms with Gasteiger partial charge in [-0.2, -0.15) is 8.42 Å². The number of hydrogen-bond acceptors (Lipinski definition) is 6. The Morgan fingerprint density at radius 2 is 1.83 bits per heavy atom. The van der Waals surface area contributed by atoms with E-state index in [0.717, 1.165) is 5.69 Å². The highest BCUT2D eigenvalue weighted by Gasteiger charge is 2.18. The van der Waals surface area contributed by atoms with Crippen LogP contribution in [0.25, 0.3) is 0 Å². The van der Waals surface area contributed by atoms with Gasteiger partial charge in [0.05, 0.1) is 18.0 Å². The molecule has 0 saturated carbocycles. The van der Waals surface area contributed by atoms with E-state index in [4.69, 9.17) is 4.74 Å². The van der Waals surface area contributed by atoms with Crippen LogP contribution < -0.4 is 20.7 Å². The first-order chi connectivity index (χ1) is 11.5. The molecular formula is C16H21N3O4S. The van der Waals surface area contributed by atoms with Gasteiger partial charge in [-0.1, -0.05) is 25.1 Å². The highest BCUT2D eigenvalue weighted by atomic mass is 32.2. The Kier molecular flexibility index (Phi) is 6.02. The third-order valence-electron chi connectivity index (χ3n) is 3.09. The van der Waals surface area contributed by atoms with Gasteiger partial charge in [-0.25, -0.2) is 10.5 Å². The van der Waals surface area contributed by atoms with Gasteiger partial charge in [-0.15, -0.1) is 0 Å². The smallest absolute Gasteiger partial charge is 0.298 e. The maximum Gasteiger partial charge on any atom is 0.298 e. The normalized spacial score (nSPS) is 11.1. The summed E-state index contributed by atoms with van der Waals surface area (Å²) in [7, 11) is -4.39. The fraction of sp³-hybridized carbons (Fsp3) is 0.250. The van der Waals surface area contributed by atoms with Crippen molar-refractivity contribution < 1.29 is 17.7 Å². The molecule has 0 saturated heterocycles. The molecule has 0 amide bonds. The fourth-order valence-electron chi connectivity index (χ4n) is 2.11. The van der Waals surface area contributed by atoms with E-state index in [2.05, 4.69) is 10.9 Å². The zero-order chi connectivity index (χ0) is 17.6. The Morgan fingerprint density at radius 3 is 2.42 bits per heavy atom. The molecule has 3 N–H and O–H groups in total. The highest BCUT2D eigenvalue weighted by molar-refractivity contribution is 7.86. The minimum Gasteiger partial charge on any atom is -0.492 e. The van der Waals surface area contributed by atoms with Gasteiger partial charge in [-0.3, -0.25) is 9.98 Å². The zero-order valence-corrected chi connectivity index (χ0v) is 14.4. The lowest BCUT2D eigenvalue weighted by atomic mass is 10.3. The first-order valence-electron chi connectivity index (χ1n) is 7.55. The number of hydrogen-bond donors (Lipinski definition) is 3. The second kappa shape index (κ2) is 8.00. The molecule has 0 aromatic heterocycles. The third-order valence-corrected chi connectivity index (χ3v) is 3.97. The number of para-hydroxylation sites is 1. The number of nitrogens with one attached hydrogen (secondary N) is 2. The maximum atomic E-state index is 11.6. The summed E-state index contributed by atoms with van der Waals surface area (Å²) >= 11 is 0. The molecule has 2 aromatic carbocycles. The second-order valence-corrected chi connectivity index (χ2v) is 6.25. The average molecular weight is 351 g/mol. The van der Waals surface area contributed by atoms with Crippen LogP contribution in [0.2, 0.25) is 0 Å². The van der Waals surface area contributed by atoms with E-state index in [1.807, 2.05) is 37.3 Å². The van der Waals surface area contributed by atoms with Crippen molar-refractivity contribution in [3.63, 3.8) is 0 Å². The minimum absolute atomic E-state index is 0.111. The molecule has 8 heteroatoms. The van der Waals surface area contributed by atoms with Crippen LogP contribution in [0.4, 0.5) is 11.4 Å². The number of benzene rings is 2. The van der Waals surface area contributed by atoms with E-state index in [1.165, 1.54) is 12.1 Å². The van der Waals surface area contributed by atoms with Crippen molar-refractivity contribution in [1.82, 2.24) is 5.43 Å². The molecule has 130 valence electrons. The molecule has 0 radical (unpaired) electrons. The van der Waals surface area contributed by atoms with Crippen molar-refractivity contribution in [3.8, 4) is 5.75 Å². The molecule has 24 heavy (non-hydrogen) atoms. The monoisotopic (exact) mass is 351 g/mol. The summed E-state index contributed by atoms with van der Waals surface area (Å²) in [4.78, 5) is -0.279. The van der Waals surface area contributed by atoms with Gasteiger partial charge >= 0.3 is 0 Å². The van der Waals surface area contributed by atoms with Crippen molar-refractivity contribution in [2.75, 3.05) is 23.7 Å². The number of anilines is 2. The molecule has 7 nitrogen and oxygen atoms in total. The summed E-state index contributed by atoms with van der Waals surface area (Å²) in [6, 6.07) is 14.0. The van der Waals surface area contributed by atoms with Crippen LogP contribution in [-0.4, -0.2) is 26.1 Å². The van der Waals surface area contributed by atoms with E-state index in [9.17, 15) is 13.0 Å². The quantitative estimate of drug-likeness (QED) is 0.497. The van der Waals surface area contributed by atoms with Gasteiger partial charge in [0.15, 0.2) is 0 Å². The minimum atomic E-state index is -4.39. The van der Waals surface area contributed by atoms with Crippen molar-refractivity contribution in [3.05, 3.63) is 48.5 Å². The molecule has 0 spiro atoms. The third kappa shape index (κ3) is 4.60. The molecule has 0 aliphatic carbocycles. The first kappa shape index (κ1) is 18.1. The standard InChI is InChI=1S/C16H21N3O4S/c1-3-17-19(14-8-6-5-7-9-14)18-13-10-11-15(23-4-2)16(12-13)24(20,21)22/h5-12,17-18H,3-4H2,1-2H3,(H,20,21,22). The number of hydrazine groups is 2. The molecule has 0 unspecified atom stereocenters. The summed E-state index contributed by atoms with van der Waals surface area (Å²) in [6.07, 6.45) is 0. The number of rotatable bonds is 8. The molecule has 0 atom stereocenters. The molecule has 0 heterocycles. The van der Waals surface area contributed by atoms with Crippen molar-refractivity contribution in [2.45, 2.75) is 18.7 Å². The lowest BCUT2D eigenvalue weighted by molar-refractivity contribution is 0.329. The van der Waals surface area contributed by atoms with Crippen molar-refractivity contribution >= 4 is 21.5 Å². The molecule has 2 aromatic rings. The topological polar surface area (TPSA) is 90.9 Å². The first-order valence-corrected chi connectivity index (χ1v) is 8.99. The van der Waals surface area contributed by atoms with E-state index in [-0.39, 0.29) is 10.6 Å². The van der Waals surface area contributed by atoms with Gasteiger partial charge in [0.1, 0.15) is 10.6 Å². The highest BCUT2D eigenvalue weighted by Crippen LogP contribution is 2.28. The van der Waals surface area contributed by atoms with Crippen LogP contribution >= 0.6 is 0 Å². The van der Waals surface area contributed by atoms with Crippen molar-refractivity contribution in [1.29, 1.82) is 0 Å². The second-order valence-electron chi connectivity index (χ2n) is 4.86. The van der Waals surface area contributed by atoms with Gasteiger partial charge in [0.2, 0.25) is 0 Å². The van der Waals surface area contributed by atoms with Crippen molar-refractivity contribution in [2.24, 2.45) is 0 Å². The summed E-state index contributed by atoms with van der Waals surface area (Å²) in [5.74, 6) is 0.111. The SMILES string of the molecule is CCNN(Nc1ccc(OCC)c(S(=O)(=O)O)c1)c1ccccc1. The Bertz CT molecular complexity index is 766. The molecule has 0 fully saturated rings. The molecule has 0 aliphatic heterocycles. The Morgan fingerprint density at radius 1 is 1.12 bits per heavy atom. The molecule has 0 bridgehead atoms. The summed E-state index contributed by atoms with van der Waals surface area (Å²) in [6.45, 7) is 4.63. The van der Waals surface area contributed by atoms with Crippen LogP contribution in [0.5, 0.6) is 5.75 Å². The van der Waals surface area contributed by atoms with Gasteiger partial charge in [-0.05, 0) is 37.3 Å². The average Bonchev–Trinajstić information content (AvgIpc) is 2.56. The number of nitrogens with zero attached hydrogens (tertiary/aromatic N) is 1. The summed E-state index contributed by atoms with van der Waals surface area (Å²) < 4.78 is 37.8. The van der Waals surface area contributed by atoms with Crippen LogP contribution in [0.1, 0.15) is 13.8 Å². The van der Waals surface area contributed by atoms with E-state index >= 15 is 0 Å². The van der Waals surface area contributed by atoms with Crippen LogP contribution in [0.3, 0.4) is 0 Å². The van der Waals surface area contributed by atoms with E-state index < -0.39 is 10.1 Å². The van der Waals surface area contributed by atoms with E-state index in [1.54, 1.807) is 18.1 Å². The summed E-state index contributed by atoms with van der Waals surface area (Å²) in [5.41, 5.74) is 7.52.